The SMILES string of the molecule is CCc1ccc(-c2nn(CC(=O)Nc3ccccc3OC)c(=O)c3nc(C)sc23)cc1. The molecule has 0 fully saturated rings. The van der Waals surface area contributed by atoms with Gasteiger partial charge in [0.1, 0.15) is 18.0 Å². The van der Waals surface area contributed by atoms with Gasteiger partial charge in [-0.2, -0.15) is 5.10 Å². The van der Waals surface area contributed by atoms with Crippen LogP contribution in [-0.4, -0.2) is 27.8 Å². The van der Waals surface area contributed by atoms with E-state index in [-0.39, 0.29) is 18.0 Å². The summed E-state index contributed by atoms with van der Waals surface area (Å²) < 4.78 is 7.17. The molecule has 2 aromatic carbocycles. The molecule has 4 rings (SSSR count). The van der Waals surface area contributed by atoms with Crippen LogP contribution in [0, 0.1) is 6.92 Å². The van der Waals surface area contributed by atoms with Crippen molar-refractivity contribution in [2.24, 2.45) is 0 Å². The highest BCUT2D eigenvalue weighted by molar-refractivity contribution is 7.19. The Balaban J connectivity index is 1.73. The molecule has 2 aromatic heterocycles. The lowest BCUT2D eigenvalue weighted by Gasteiger charge is -2.11. The number of carbonyl (C=O) groups excluding carboxylic acids is 1. The Bertz CT molecular complexity index is 1310. The largest absolute Gasteiger partial charge is 0.495 e. The molecular formula is C23H22N4O3S. The molecule has 31 heavy (non-hydrogen) atoms. The van der Waals surface area contributed by atoms with Crippen LogP contribution in [-0.2, 0) is 17.8 Å². The zero-order valence-electron chi connectivity index (χ0n) is 17.5. The lowest BCUT2D eigenvalue weighted by molar-refractivity contribution is -0.117. The molecule has 2 heterocycles. The second kappa shape index (κ2) is 8.69. The van der Waals surface area contributed by atoms with Gasteiger partial charge in [0.15, 0.2) is 5.52 Å². The summed E-state index contributed by atoms with van der Waals surface area (Å²) in [5, 5.41) is 8.10. The van der Waals surface area contributed by atoms with Crippen molar-refractivity contribution in [2.45, 2.75) is 26.8 Å². The third-order valence-electron chi connectivity index (χ3n) is 4.92. The first-order valence-electron chi connectivity index (χ1n) is 9.90. The van der Waals surface area contributed by atoms with Crippen LogP contribution in [0.4, 0.5) is 5.69 Å². The first-order valence-corrected chi connectivity index (χ1v) is 10.7. The van der Waals surface area contributed by atoms with Crippen LogP contribution in [0.2, 0.25) is 0 Å². The number of aryl methyl sites for hydroxylation is 2. The van der Waals surface area contributed by atoms with Gasteiger partial charge in [0, 0.05) is 5.56 Å². The van der Waals surface area contributed by atoms with Crippen LogP contribution in [0.1, 0.15) is 17.5 Å². The highest BCUT2D eigenvalue weighted by Gasteiger charge is 2.18. The van der Waals surface area contributed by atoms with E-state index in [0.29, 0.717) is 22.6 Å². The summed E-state index contributed by atoms with van der Waals surface area (Å²) in [6.45, 7) is 3.72. The number of carbonyl (C=O) groups is 1. The Hall–Kier alpha value is -3.52. The van der Waals surface area contributed by atoms with Crippen molar-refractivity contribution < 1.29 is 9.53 Å². The van der Waals surface area contributed by atoms with Gasteiger partial charge in [0.05, 0.1) is 22.5 Å². The molecule has 4 aromatic rings. The van der Waals surface area contributed by atoms with E-state index in [2.05, 4.69) is 22.3 Å². The van der Waals surface area contributed by atoms with E-state index < -0.39 is 0 Å². The van der Waals surface area contributed by atoms with E-state index in [1.54, 1.807) is 18.2 Å². The minimum atomic E-state index is -0.386. The maximum absolute atomic E-state index is 13.0. The van der Waals surface area contributed by atoms with Crippen LogP contribution >= 0.6 is 11.3 Å². The van der Waals surface area contributed by atoms with E-state index in [0.717, 1.165) is 21.7 Å². The molecule has 0 aliphatic carbocycles. The number of methoxy groups -OCH3 is 1. The van der Waals surface area contributed by atoms with Crippen LogP contribution in [0.5, 0.6) is 5.75 Å². The third kappa shape index (κ3) is 4.20. The van der Waals surface area contributed by atoms with Crippen molar-refractivity contribution >= 4 is 33.1 Å². The molecule has 0 bridgehead atoms. The molecule has 1 N–H and O–H groups in total. The van der Waals surface area contributed by atoms with Gasteiger partial charge in [0.25, 0.3) is 5.56 Å². The summed E-state index contributed by atoms with van der Waals surface area (Å²) in [5.41, 5.74) is 3.22. The van der Waals surface area contributed by atoms with Crippen molar-refractivity contribution in [3.05, 3.63) is 69.5 Å². The van der Waals surface area contributed by atoms with Crippen molar-refractivity contribution in [1.29, 1.82) is 0 Å². The Morgan fingerprint density at radius 3 is 2.61 bits per heavy atom. The number of benzene rings is 2. The quantitative estimate of drug-likeness (QED) is 0.495. The summed E-state index contributed by atoms with van der Waals surface area (Å²) >= 11 is 1.43. The normalized spacial score (nSPS) is 10.9. The summed E-state index contributed by atoms with van der Waals surface area (Å²) in [6.07, 6.45) is 0.936. The highest BCUT2D eigenvalue weighted by atomic mass is 32.1. The predicted molar refractivity (Wildman–Crippen MR) is 123 cm³/mol. The van der Waals surface area contributed by atoms with E-state index in [1.165, 1.54) is 28.7 Å². The lowest BCUT2D eigenvalue weighted by Crippen LogP contribution is -2.30. The van der Waals surface area contributed by atoms with Gasteiger partial charge in [-0.1, -0.05) is 43.3 Å². The molecule has 0 unspecified atom stereocenters. The molecule has 158 valence electrons. The van der Waals surface area contributed by atoms with Gasteiger partial charge in [-0.3, -0.25) is 9.59 Å². The number of rotatable bonds is 6. The number of ether oxygens (including phenoxy) is 1. The first-order chi connectivity index (χ1) is 15.0. The fourth-order valence-corrected chi connectivity index (χ4v) is 4.25. The molecule has 0 aliphatic heterocycles. The fourth-order valence-electron chi connectivity index (χ4n) is 3.33. The summed E-state index contributed by atoms with van der Waals surface area (Å²) in [5.74, 6) is 0.163. The molecule has 0 aliphatic rings. The van der Waals surface area contributed by atoms with Crippen LogP contribution in [0.25, 0.3) is 21.5 Å². The maximum Gasteiger partial charge on any atom is 0.294 e. The number of fused-ring (bicyclic) bond motifs is 1. The van der Waals surface area contributed by atoms with Crippen molar-refractivity contribution in [3.63, 3.8) is 0 Å². The highest BCUT2D eigenvalue weighted by Crippen LogP contribution is 2.29. The molecule has 0 saturated heterocycles. The Morgan fingerprint density at radius 2 is 1.90 bits per heavy atom. The fraction of sp³-hybridized carbons (Fsp3) is 0.217. The summed E-state index contributed by atoms with van der Waals surface area (Å²) in [7, 11) is 1.53. The maximum atomic E-state index is 13.0. The van der Waals surface area contributed by atoms with E-state index in [1.807, 2.05) is 37.3 Å². The van der Waals surface area contributed by atoms with Gasteiger partial charge >= 0.3 is 0 Å². The second-order valence-electron chi connectivity index (χ2n) is 7.02. The predicted octanol–water partition coefficient (Wildman–Crippen LogP) is 4.04. The zero-order valence-corrected chi connectivity index (χ0v) is 18.3. The molecule has 0 spiro atoms. The molecule has 8 heteroatoms. The average molecular weight is 435 g/mol. The summed E-state index contributed by atoms with van der Waals surface area (Å²) in [4.78, 5) is 30.1. The topological polar surface area (TPSA) is 86.1 Å². The van der Waals surface area contributed by atoms with Crippen molar-refractivity contribution in [3.8, 4) is 17.0 Å². The molecule has 7 nitrogen and oxygen atoms in total. The summed E-state index contributed by atoms with van der Waals surface area (Å²) in [6, 6.07) is 15.2. The number of para-hydroxylation sites is 2. The number of hydrogen-bond acceptors (Lipinski definition) is 6. The number of amides is 1. The number of hydrogen-bond donors (Lipinski definition) is 1. The van der Waals surface area contributed by atoms with Crippen LogP contribution in [0.3, 0.4) is 0 Å². The lowest BCUT2D eigenvalue weighted by atomic mass is 10.1. The third-order valence-corrected chi connectivity index (χ3v) is 5.89. The number of thiazole rings is 1. The number of anilines is 1. The monoisotopic (exact) mass is 434 g/mol. The number of aromatic nitrogens is 3. The van der Waals surface area contributed by atoms with E-state index in [9.17, 15) is 9.59 Å². The smallest absolute Gasteiger partial charge is 0.294 e. The van der Waals surface area contributed by atoms with Gasteiger partial charge in [0.2, 0.25) is 5.91 Å². The molecule has 0 saturated carbocycles. The Labute approximate surface area is 183 Å². The molecule has 0 atom stereocenters. The van der Waals surface area contributed by atoms with Crippen LogP contribution < -0.4 is 15.6 Å². The van der Waals surface area contributed by atoms with Gasteiger partial charge < -0.3 is 10.1 Å². The van der Waals surface area contributed by atoms with Gasteiger partial charge in [-0.15, -0.1) is 11.3 Å². The standard InChI is InChI=1S/C23H22N4O3S/c1-4-15-9-11-16(12-10-15)20-22-21(24-14(2)31-22)23(29)27(26-20)13-19(28)25-17-7-5-6-8-18(17)30-3/h5-12H,4,13H2,1-3H3,(H,25,28). The Morgan fingerprint density at radius 1 is 1.16 bits per heavy atom. The minimum Gasteiger partial charge on any atom is -0.495 e. The first kappa shape index (κ1) is 20.7. The number of nitrogens with one attached hydrogen (secondary N) is 1. The molecule has 0 radical (unpaired) electrons. The van der Waals surface area contributed by atoms with Crippen molar-refractivity contribution in [2.75, 3.05) is 12.4 Å². The van der Waals surface area contributed by atoms with Crippen LogP contribution in [0.15, 0.2) is 53.3 Å². The Kier molecular flexibility index (Phi) is 5.81. The molecule has 1 amide bonds. The molecular weight excluding hydrogens is 412 g/mol. The van der Waals surface area contributed by atoms with E-state index in [4.69, 9.17) is 4.74 Å². The van der Waals surface area contributed by atoms with Crippen molar-refractivity contribution in [1.82, 2.24) is 14.8 Å². The number of nitrogens with zero attached hydrogens (tertiary/aromatic N) is 3. The minimum absolute atomic E-state index is 0.233. The average Bonchev–Trinajstić information content (AvgIpc) is 3.18. The zero-order chi connectivity index (χ0) is 22.0. The van der Waals surface area contributed by atoms with Gasteiger partial charge in [-0.25, -0.2) is 9.67 Å². The van der Waals surface area contributed by atoms with E-state index >= 15 is 0 Å². The second-order valence-corrected chi connectivity index (χ2v) is 8.22. The van der Waals surface area contributed by atoms with Gasteiger partial charge in [-0.05, 0) is 31.0 Å².